The van der Waals surface area contributed by atoms with Crippen LogP contribution >= 0.6 is 10.7 Å². The maximum absolute atomic E-state index is 13.5. The van der Waals surface area contributed by atoms with E-state index in [1.54, 1.807) is 0 Å². The Bertz CT molecular complexity index is 530. The molecule has 0 saturated heterocycles. The smallest absolute Gasteiger partial charge is 0.237 e. The highest BCUT2D eigenvalue weighted by Gasteiger charge is 2.23. The fraction of sp³-hybridized carbons (Fsp3) is 0.333. The van der Waals surface area contributed by atoms with Crippen LogP contribution in [0.2, 0.25) is 0 Å². The van der Waals surface area contributed by atoms with E-state index in [-0.39, 0.29) is 11.5 Å². The Balaban J connectivity index is 3.49. The zero-order valence-corrected chi connectivity index (χ0v) is 10.5. The van der Waals surface area contributed by atoms with Gasteiger partial charge in [-0.25, -0.2) is 17.2 Å². The lowest BCUT2D eigenvalue weighted by atomic mass is 10.2. The van der Waals surface area contributed by atoms with Gasteiger partial charge in [0.05, 0.1) is 25.5 Å². The Morgan fingerprint density at radius 1 is 1.29 bits per heavy atom. The fourth-order valence-corrected chi connectivity index (χ4v) is 2.24. The molecule has 0 aliphatic carbocycles. The summed E-state index contributed by atoms with van der Waals surface area (Å²) in [6.45, 7) is 0. The number of benzene rings is 1. The molecular formula is C9H9ClF2O4S. The van der Waals surface area contributed by atoms with Crippen molar-refractivity contribution in [3.8, 4) is 11.5 Å². The molecule has 0 unspecified atom stereocenters. The molecule has 1 aromatic carbocycles. The lowest BCUT2D eigenvalue weighted by Gasteiger charge is -2.13. The zero-order chi connectivity index (χ0) is 13.2. The normalized spacial score (nSPS) is 11.4. The summed E-state index contributed by atoms with van der Waals surface area (Å²) < 4.78 is 58.0. The van der Waals surface area contributed by atoms with Gasteiger partial charge in [0, 0.05) is 16.7 Å². The Morgan fingerprint density at radius 2 is 1.88 bits per heavy atom. The molecule has 1 aromatic rings. The average Bonchev–Trinajstić information content (AvgIpc) is 2.22. The summed E-state index contributed by atoms with van der Waals surface area (Å²) in [6, 6.07) is 0.762. The highest BCUT2D eigenvalue weighted by molar-refractivity contribution is 8.13. The van der Waals surface area contributed by atoms with Crippen LogP contribution in [-0.2, 0) is 14.8 Å². The van der Waals surface area contributed by atoms with Gasteiger partial charge in [-0.2, -0.15) is 0 Å². The average molecular weight is 287 g/mol. The third kappa shape index (κ3) is 3.19. The minimum Gasteiger partial charge on any atom is -0.493 e. The van der Waals surface area contributed by atoms with E-state index in [0.29, 0.717) is 0 Å². The van der Waals surface area contributed by atoms with Crippen molar-refractivity contribution < 1.29 is 26.7 Å². The van der Waals surface area contributed by atoms with Gasteiger partial charge in [0.15, 0.2) is 23.1 Å². The molecule has 96 valence electrons. The Kier molecular flexibility index (Phi) is 4.16. The molecule has 0 amide bonds. The van der Waals surface area contributed by atoms with E-state index in [0.717, 1.165) is 6.07 Å². The van der Waals surface area contributed by atoms with Gasteiger partial charge in [-0.3, -0.25) is 0 Å². The predicted molar refractivity (Wildman–Crippen MR) is 57.9 cm³/mol. The molecule has 0 fully saturated rings. The molecule has 0 bridgehead atoms. The van der Waals surface area contributed by atoms with Crippen molar-refractivity contribution >= 4 is 19.7 Å². The summed E-state index contributed by atoms with van der Waals surface area (Å²) in [5.74, 6) is -3.76. The van der Waals surface area contributed by atoms with Gasteiger partial charge in [0.2, 0.25) is 9.05 Å². The second-order valence-corrected chi connectivity index (χ2v) is 5.85. The van der Waals surface area contributed by atoms with E-state index in [4.69, 9.17) is 20.2 Å². The van der Waals surface area contributed by atoms with Crippen LogP contribution < -0.4 is 9.47 Å². The molecule has 4 nitrogen and oxygen atoms in total. The van der Waals surface area contributed by atoms with Crippen molar-refractivity contribution in [1.29, 1.82) is 0 Å². The maximum Gasteiger partial charge on any atom is 0.237 e. The molecule has 0 atom stereocenters. The summed E-state index contributed by atoms with van der Waals surface area (Å²) in [5.41, 5.74) is -0.501. The van der Waals surface area contributed by atoms with E-state index in [9.17, 15) is 17.2 Å². The molecule has 0 radical (unpaired) electrons. The lowest BCUT2D eigenvalue weighted by Crippen LogP contribution is -2.05. The minimum atomic E-state index is -4.04. The van der Waals surface area contributed by atoms with Gasteiger partial charge in [0.1, 0.15) is 0 Å². The Hall–Kier alpha value is -1.08. The molecule has 0 aliphatic rings. The van der Waals surface area contributed by atoms with Crippen LogP contribution in [0.25, 0.3) is 0 Å². The summed E-state index contributed by atoms with van der Waals surface area (Å²) in [4.78, 5) is 0. The first kappa shape index (κ1) is 14.0. The van der Waals surface area contributed by atoms with Crippen molar-refractivity contribution in [1.82, 2.24) is 0 Å². The van der Waals surface area contributed by atoms with E-state index in [2.05, 4.69) is 0 Å². The van der Waals surface area contributed by atoms with E-state index in [1.807, 2.05) is 0 Å². The number of hydrogen-bond acceptors (Lipinski definition) is 4. The summed E-state index contributed by atoms with van der Waals surface area (Å²) in [6.07, 6.45) is 0. The molecule has 0 aliphatic heterocycles. The van der Waals surface area contributed by atoms with Gasteiger partial charge in [0.25, 0.3) is 0 Å². The first-order valence-corrected chi connectivity index (χ1v) is 6.79. The molecule has 0 aromatic heterocycles. The molecule has 1 rings (SSSR count). The van der Waals surface area contributed by atoms with E-state index >= 15 is 0 Å². The summed E-state index contributed by atoms with van der Waals surface area (Å²) >= 11 is 0. The molecule has 0 N–H and O–H groups in total. The third-order valence-corrected chi connectivity index (χ3v) is 2.93. The van der Waals surface area contributed by atoms with Crippen LogP contribution in [0.15, 0.2) is 6.07 Å². The molecule has 0 saturated carbocycles. The highest BCUT2D eigenvalue weighted by Crippen LogP contribution is 2.36. The number of ether oxygens (including phenoxy) is 2. The van der Waals surface area contributed by atoms with Crippen LogP contribution in [0.4, 0.5) is 8.78 Å². The second kappa shape index (κ2) is 5.05. The quantitative estimate of drug-likeness (QED) is 0.795. The first-order chi connectivity index (χ1) is 7.80. The highest BCUT2D eigenvalue weighted by atomic mass is 35.7. The van der Waals surface area contributed by atoms with Crippen LogP contribution in [0.3, 0.4) is 0 Å². The summed E-state index contributed by atoms with van der Waals surface area (Å²) in [5, 5.41) is 0. The van der Waals surface area contributed by atoms with E-state index in [1.165, 1.54) is 14.2 Å². The van der Waals surface area contributed by atoms with Crippen molar-refractivity contribution in [2.75, 3.05) is 14.2 Å². The third-order valence-electron chi connectivity index (χ3n) is 1.97. The minimum absolute atomic E-state index is 0.110. The fourth-order valence-electron chi connectivity index (χ4n) is 1.31. The largest absolute Gasteiger partial charge is 0.493 e. The lowest BCUT2D eigenvalue weighted by molar-refractivity contribution is 0.343. The molecule has 0 heterocycles. The van der Waals surface area contributed by atoms with Gasteiger partial charge < -0.3 is 9.47 Å². The molecule has 8 heteroatoms. The zero-order valence-electron chi connectivity index (χ0n) is 8.96. The predicted octanol–water partition coefficient (Wildman–Crippen LogP) is 2.05. The van der Waals surface area contributed by atoms with Crippen LogP contribution in [-0.4, -0.2) is 22.6 Å². The number of methoxy groups -OCH3 is 2. The number of hydrogen-bond donors (Lipinski definition) is 0. The molecular weight excluding hydrogens is 278 g/mol. The van der Waals surface area contributed by atoms with Gasteiger partial charge in [-0.15, -0.1) is 0 Å². The van der Waals surface area contributed by atoms with Crippen molar-refractivity contribution in [3.63, 3.8) is 0 Å². The topological polar surface area (TPSA) is 52.6 Å². The van der Waals surface area contributed by atoms with E-state index < -0.39 is 32.0 Å². The Morgan fingerprint density at radius 3 is 2.29 bits per heavy atom. The van der Waals surface area contributed by atoms with Crippen molar-refractivity contribution in [2.24, 2.45) is 0 Å². The van der Waals surface area contributed by atoms with Crippen molar-refractivity contribution in [2.45, 2.75) is 5.75 Å². The molecule has 17 heavy (non-hydrogen) atoms. The maximum atomic E-state index is 13.5. The standard InChI is InChI=1S/C9H9ClF2O4S/c1-15-7-3-6(11)8(12)5(9(7)16-2)4-17(10,13)14/h3H,4H2,1-2H3. The van der Waals surface area contributed by atoms with Crippen LogP contribution in [0, 0.1) is 11.6 Å². The van der Waals surface area contributed by atoms with Crippen LogP contribution in [0.1, 0.15) is 5.56 Å². The number of rotatable bonds is 4. The molecule has 0 spiro atoms. The second-order valence-electron chi connectivity index (χ2n) is 3.07. The van der Waals surface area contributed by atoms with Gasteiger partial charge in [-0.1, -0.05) is 0 Å². The van der Waals surface area contributed by atoms with Gasteiger partial charge >= 0.3 is 0 Å². The van der Waals surface area contributed by atoms with Crippen molar-refractivity contribution in [3.05, 3.63) is 23.3 Å². The SMILES string of the molecule is COc1cc(F)c(F)c(CS(=O)(=O)Cl)c1OC. The monoisotopic (exact) mass is 286 g/mol. The number of halogens is 3. The first-order valence-electron chi connectivity index (χ1n) is 4.31. The van der Waals surface area contributed by atoms with Gasteiger partial charge in [-0.05, 0) is 0 Å². The Labute approximate surface area is 102 Å². The van der Waals surface area contributed by atoms with Crippen LogP contribution in [0.5, 0.6) is 11.5 Å². The summed E-state index contributed by atoms with van der Waals surface area (Å²) in [7, 11) is 3.36.